The van der Waals surface area contributed by atoms with E-state index in [1.807, 2.05) is 56.3 Å². The Morgan fingerprint density at radius 1 is 1.13 bits per heavy atom. The van der Waals surface area contributed by atoms with Crippen LogP contribution in [0.15, 0.2) is 48.5 Å². The maximum absolute atomic E-state index is 13.1. The summed E-state index contributed by atoms with van der Waals surface area (Å²) >= 11 is 4.21. The minimum atomic E-state index is -0.697. The number of esters is 1. The van der Waals surface area contributed by atoms with Crippen LogP contribution in [-0.2, 0) is 9.53 Å². The predicted octanol–water partition coefficient (Wildman–Crippen LogP) is 3.34. The van der Waals surface area contributed by atoms with Gasteiger partial charge in [0.05, 0.1) is 7.11 Å². The van der Waals surface area contributed by atoms with Crippen LogP contribution in [0.1, 0.15) is 30.6 Å². The molecule has 162 valence electrons. The lowest BCUT2D eigenvalue weighted by Crippen LogP contribution is -2.42. The van der Waals surface area contributed by atoms with Crippen LogP contribution in [0.2, 0.25) is 0 Å². The van der Waals surface area contributed by atoms with Gasteiger partial charge in [-0.1, -0.05) is 44.2 Å². The molecule has 7 heteroatoms. The number of amides is 1. The van der Waals surface area contributed by atoms with Crippen molar-refractivity contribution in [2.75, 3.05) is 24.7 Å². The van der Waals surface area contributed by atoms with Gasteiger partial charge in [0, 0.05) is 29.6 Å². The molecule has 0 aliphatic heterocycles. The minimum absolute atomic E-state index is 0.0756. The lowest BCUT2D eigenvalue weighted by atomic mass is 9.97. The number of methoxy groups -OCH3 is 1. The number of hydrogen-bond acceptors (Lipinski definition) is 6. The number of carbonyl (C=O) groups excluding carboxylic acids is 2. The van der Waals surface area contributed by atoms with Crippen molar-refractivity contribution in [3.63, 3.8) is 0 Å². The molecule has 0 radical (unpaired) electrons. The van der Waals surface area contributed by atoms with Crippen molar-refractivity contribution in [3.8, 4) is 11.1 Å². The zero-order chi connectivity index (χ0) is 22.1. The summed E-state index contributed by atoms with van der Waals surface area (Å²) in [5, 5.41) is 6.13. The highest BCUT2D eigenvalue weighted by molar-refractivity contribution is 7.80. The van der Waals surface area contributed by atoms with Crippen molar-refractivity contribution in [2.24, 2.45) is 11.7 Å². The molecule has 0 aliphatic carbocycles. The maximum Gasteiger partial charge on any atom is 0.328 e. The first kappa shape index (κ1) is 23.8. The molecule has 0 aliphatic rings. The normalized spacial score (nSPS) is 12.9. The van der Waals surface area contributed by atoms with Gasteiger partial charge in [-0.15, -0.1) is 0 Å². The Labute approximate surface area is 184 Å². The zero-order valence-corrected chi connectivity index (χ0v) is 18.6. The Balaban J connectivity index is 2.35. The summed E-state index contributed by atoms with van der Waals surface area (Å²) in [6.45, 7) is 4.56. The molecule has 2 aromatic carbocycles. The fourth-order valence-corrected chi connectivity index (χ4v) is 3.22. The van der Waals surface area contributed by atoms with Gasteiger partial charge in [0.15, 0.2) is 0 Å². The van der Waals surface area contributed by atoms with Crippen LogP contribution in [0, 0.1) is 5.92 Å². The van der Waals surface area contributed by atoms with Crippen LogP contribution in [0.5, 0.6) is 0 Å². The molecular weight excluding hydrogens is 398 g/mol. The number of anilines is 1. The van der Waals surface area contributed by atoms with E-state index in [1.54, 1.807) is 6.07 Å². The van der Waals surface area contributed by atoms with Crippen molar-refractivity contribution < 1.29 is 14.3 Å². The average molecular weight is 430 g/mol. The van der Waals surface area contributed by atoms with E-state index in [-0.39, 0.29) is 17.9 Å². The molecule has 30 heavy (non-hydrogen) atoms. The van der Waals surface area contributed by atoms with Crippen molar-refractivity contribution in [1.29, 1.82) is 0 Å². The first-order valence-electron chi connectivity index (χ1n) is 10.0. The molecule has 0 bridgehead atoms. The Bertz CT molecular complexity index is 843. The van der Waals surface area contributed by atoms with Gasteiger partial charge >= 0.3 is 5.97 Å². The van der Waals surface area contributed by atoms with Crippen LogP contribution >= 0.6 is 12.6 Å². The number of carbonyl (C=O) groups is 2. The minimum Gasteiger partial charge on any atom is -0.467 e. The predicted molar refractivity (Wildman–Crippen MR) is 125 cm³/mol. The van der Waals surface area contributed by atoms with Crippen LogP contribution in [0.4, 0.5) is 5.69 Å². The molecule has 0 spiro atoms. The van der Waals surface area contributed by atoms with Gasteiger partial charge < -0.3 is 21.1 Å². The van der Waals surface area contributed by atoms with E-state index < -0.39 is 12.0 Å². The van der Waals surface area contributed by atoms with E-state index in [4.69, 9.17) is 10.5 Å². The Morgan fingerprint density at radius 3 is 2.43 bits per heavy atom. The quantitative estimate of drug-likeness (QED) is 0.343. The summed E-state index contributed by atoms with van der Waals surface area (Å²) in [5.41, 5.74) is 8.96. The molecule has 6 nitrogen and oxygen atoms in total. The second kappa shape index (κ2) is 11.6. The van der Waals surface area contributed by atoms with Gasteiger partial charge in [0.25, 0.3) is 5.91 Å². The van der Waals surface area contributed by atoms with Crippen molar-refractivity contribution in [3.05, 3.63) is 54.1 Å². The highest BCUT2D eigenvalue weighted by Crippen LogP contribution is 2.27. The number of hydrogen-bond donors (Lipinski definition) is 4. The van der Waals surface area contributed by atoms with Crippen LogP contribution in [0.3, 0.4) is 0 Å². The van der Waals surface area contributed by atoms with E-state index in [0.29, 0.717) is 24.3 Å². The maximum atomic E-state index is 13.1. The SMILES string of the molecule is COC(=O)[C@H](CC(C)C)NC(=O)c1ccc(NCC(N)CS)cc1-c1ccccc1. The molecule has 4 N–H and O–H groups in total. The highest BCUT2D eigenvalue weighted by Gasteiger charge is 2.24. The third kappa shape index (κ3) is 6.78. The third-order valence-corrected chi connectivity index (χ3v) is 5.12. The van der Waals surface area contributed by atoms with Gasteiger partial charge in [-0.25, -0.2) is 4.79 Å². The molecule has 2 atom stereocenters. The second-order valence-corrected chi connectivity index (χ2v) is 7.99. The Hall–Kier alpha value is -2.51. The summed E-state index contributed by atoms with van der Waals surface area (Å²) in [5.74, 6) is 0.0375. The van der Waals surface area contributed by atoms with E-state index >= 15 is 0 Å². The molecule has 2 aromatic rings. The standard InChI is InChI=1S/C23H31N3O3S/c1-15(2)11-21(23(28)29-3)26-22(27)19-10-9-18(25-13-17(24)14-30)12-20(19)16-7-5-4-6-8-16/h4-10,12,15,17,21,25,30H,11,13-14,24H2,1-3H3,(H,26,27)/t17?,21-/m0/s1. The largest absolute Gasteiger partial charge is 0.467 e. The monoisotopic (exact) mass is 429 g/mol. The van der Waals surface area contributed by atoms with E-state index in [1.165, 1.54) is 7.11 Å². The van der Waals surface area contributed by atoms with E-state index in [2.05, 4.69) is 23.3 Å². The molecule has 0 saturated carbocycles. The summed E-state index contributed by atoms with van der Waals surface area (Å²) in [6.07, 6.45) is 0.500. The summed E-state index contributed by atoms with van der Waals surface area (Å²) in [4.78, 5) is 25.2. The van der Waals surface area contributed by atoms with Gasteiger partial charge in [-0.3, -0.25) is 4.79 Å². The number of benzene rings is 2. The van der Waals surface area contributed by atoms with Gasteiger partial charge in [0.2, 0.25) is 0 Å². The van der Waals surface area contributed by atoms with Crippen LogP contribution in [0.25, 0.3) is 11.1 Å². The van der Waals surface area contributed by atoms with Gasteiger partial charge in [-0.2, -0.15) is 12.6 Å². The molecule has 0 heterocycles. The van der Waals surface area contributed by atoms with Crippen LogP contribution in [-0.4, -0.2) is 43.4 Å². The lowest BCUT2D eigenvalue weighted by Gasteiger charge is -2.20. The number of ether oxygens (including phenoxy) is 1. The summed E-state index contributed by atoms with van der Waals surface area (Å²) in [6, 6.07) is 14.4. The summed E-state index contributed by atoms with van der Waals surface area (Å²) < 4.78 is 4.87. The fourth-order valence-electron chi connectivity index (χ4n) is 3.09. The lowest BCUT2D eigenvalue weighted by molar-refractivity contribution is -0.143. The second-order valence-electron chi connectivity index (χ2n) is 7.63. The van der Waals surface area contributed by atoms with E-state index in [0.717, 1.165) is 16.8 Å². The molecular formula is C23H31N3O3S. The molecule has 2 rings (SSSR count). The first-order valence-corrected chi connectivity index (χ1v) is 10.7. The first-order chi connectivity index (χ1) is 14.3. The van der Waals surface area contributed by atoms with Gasteiger partial charge in [-0.05, 0) is 41.7 Å². The molecule has 1 unspecified atom stereocenters. The average Bonchev–Trinajstić information content (AvgIpc) is 2.76. The topological polar surface area (TPSA) is 93.4 Å². The van der Waals surface area contributed by atoms with Crippen LogP contribution < -0.4 is 16.4 Å². The van der Waals surface area contributed by atoms with Crippen molar-refractivity contribution in [1.82, 2.24) is 5.32 Å². The fraction of sp³-hybridized carbons (Fsp3) is 0.391. The number of nitrogens with one attached hydrogen (secondary N) is 2. The molecule has 1 amide bonds. The smallest absolute Gasteiger partial charge is 0.328 e. The molecule has 0 aromatic heterocycles. The zero-order valence-electron chi connectivity index (χ0n) is 17.7. The molecule has 0 saturated heterocycles. The highest BCUT2D eigenvalue weighted by atomic mass is 32.1. The van der Waals surface area contributed by atoms with Gasteiger partial charge in [0.1, 0.15) is 6.04 Å². The van der Waals surface area contributed by atoms with Crippen molar-refractivity contribution in [2.45, 2.75) is 32.4 Å². The number of rotatable bonds is 10. The number of nitrogens with two attached hydrogens (primary N) is 1. The van der Waals surface area contributed by atoms with E-state index in [9.17, 15) is 9.59 Å². The van der Waals surface area contributed by atoms with Crippen molar-refractivity contribution >= 4 is 30.2 Å². The Kier molecular flexibility index (Phi) is 9.20. The Morgan fingerprint density at radius 2 is 1.83 bits per heavy atom. The third-order valence-electron chi connectivity index (χ3n) is 4.65. The molecule has 0 fully saturated rings. The number of thiol groups is 1. The summed E-state index contributed by atoms with van der Waals surface area (Å²) in [7, 11) is 1.33.